The van der Waals surface area contributed by atoms with Crippen LogP contribution in [0.2, 0.25) is 10.0 Å². The van der Waals surface area contributed by atoms with Gasteiger partial charge in [-0.25, -0.2) is 0 Å². The van der Waals surface area contributed by atoms with Gasteiger partial charge in [-0.15, -0.1) is 0 Å². The van der Waals surface area contributed by atoms with Gasteiger partial charge in [-0.05, 0) is 37.6 Å². The average molecular weight is 296 g/mol. The van der Waals surface area contributed by atoms with Gasteiger partial charge in [-0.1, -0.05) is 41.4 Å². The van der Waals surface area contributed by atoms with Gasteiger partial charge in [0, 0.05) is 10.6 Å². The molecule has 0 fully saturated rings. The molecule has 2 aromatic carbocycles. The maximum atomic E-state index is 9.83. The van der Waals surface area contributed by atoms with Crippen molar-refractivity contribution < 1.29 is 5.11 Å². The first kappa shape index (κ1) is 14.0. The lowest BCUT2D eigenvalue weighted by Crippen LogP contribution is -2.07. The van der Waals surface area contributed by atoms with Crippen LogP contribution >= 0.6 is 23.2 Å². The summed E-state index contributed by atoms with van der Waals surface area (Å²) in [6, 6.07) is 10.8. The predicted molar refractivity (Wildman–Crippen MR) is 81.3 cm³/mol. The Kier molecular flexibility index (Phi) is 4.23. The molecule has 2 aromatic rings. The van der Waals surface area contributed by atoms with E-state index in [9.17, 15) is 5.11 Å². The van der Waals surface area contributed by atoms with E-state index < -0.39 is 0 Å². The van der Waals surface area contributed by atoms with Gasteiger partial charge < -0.3 is 10.4 Å². The number of para-hydroxylation sites is 1. The number of nitrogens with one attached hydrogen (secondary N) is 1. The molecule has 0 saturated carbocycles. The second kappa shape index (κ2) is 5.72. The number of aryl methyl sites for hydroxylation is 1. The Morgan fingerprint density at radius 1 is 1.11 bits per heavy atom. The van der Waals surface area contributed by atoms with Gasteiger partial charge in [0.1, 0.15) is 5.75 Å². The molecule has 2 nitrogen and oxygen atoms in total. The highest BCUT2D eigenvalue weighted by atomic mass is 35.5. The van der Waals surface area contributed by atoms with Crippen molar-refractivity contribution in [3.8, 4) is 5.75 Å². The third-order valence-corrected chi connectivity index (χ3v) is 3.74. The molecule has 2 N–H and O–H groups in total. The van der Waals surface area contributed by atoms with Crippen molar-refractivity contribution in [2.45, 2.75) is 19.9 Å². The van der Waals surface area contributed by atoms with Crippen LogP contribution in [0.25, 0.3) is 0 Å². The zero-order valence-corrected chi connectivity index (χ0v) is 12.3. The topological polar surface area (TPSA) is 32.3 Å². The van der Waals surface area contributed by atoms with Gasteiger partial charge >= 0.3 is 0 Å². The molecule has 0 aliphatic carbocycles. The van der Waals surface area contributed by atoms with E-state index >= 15 is 0 Å². The fourth-order valence-corrected chi connectivity index (χ4v) is 2.36. The number of phenols is 1. The molecule has 4 heteroatoms. The van der Waals surface area contributed by atoms with E-state index in [1.54, 1.807) is 18.2 Å². The Morgan fingerprint density at radius 2 is 1.79 bits per heavy atom. The fourth-order valence-electron chi connectivity index (χ4n) is 1.92. The summed E-state index contributed by atoms with van der Waals surface area (Å²) in [5.41, 5.74) is 2.51. The van der Waals surface area contributed by atoms with Crippen molar-refractivity contribution in [3.63, 3.8) is 0 Å². The lowest BCUT2D eigenvalue weighted by atomic mass is 10.1. The summed E-state index contributed by atoms with van der Waals surface area (Å²) < 4.78 is 0. The number of anilines is 1. The molecule has 0 heterocycles. The zero-order chi connectivity index (χ0) is 14.0. The summed E-state index contributed by atoms with van der Waals surface area (Å²) in [7, 11) is 0. The largest absolute Gasteiger partial charge is 0.508 e. The molecule has 0 spiro atoms. The van der Waals surface area contributed by atoms with Crippen molar-refractivity contribution in [2.75, 3.05) is 5.32 Å². The third kappa shape index (κ3) is 3.14. The van der Waals surface area contributed by atoms with E-state index in [1.807, 2.05) is 32.0 Å². The number of rotatable bonds is 3. The van der Waals surface area contributed by atoms with Gasteiger partial charge in [-0.2, -0.15) is 0 Å². The second-order valence-electron chi connectivity index (χ2n) is 4.51. The van der Waals surface area contributed by atoms with E-state index in [0.29, 0.717) is 10.0 Å². The van der Waals surface area contributed by atoms with Crippen molar-refractivity contribution in [2.24, 2.45) is 0 Å². The first-order valence-electron chi connectivity index (χ1n) is 5.99. The van der Waals surface area contributed by atoms with Crippen molar-refractivity contribution in [1.29, 1.82) is 0 Å². The van der Waals surface area contributed by atoms with Crippen LogP contribution < -0.4 is 5.32 Å². The highest BCUT2D eigenvalue weighted by Gasteiger charge is 2.12. The normalized spacial score (nSPS) is 12.2. The minimum Gasteiger partial charge on any atom is -0.508 e. The lowest BCUT2D eigenvalue weighted by Gasteiger charge is -2.18. The quantitative estimate of drug-likeness (QED) is 0.818. The number of aromatic hydroxyl groups is 1. The zero-order valence-electron chi connectivity index (χ0n) is 10.7. The van der Waals surface area contributed by atoms with Crippen LogP contribution in [0.1, 0.15) is 24.1 Å². The van der Waals surface area contributed by atoms with E-state index in [2.05, 4.69) is 5.32 Å². The van der Waals surface area contributed by atoms with Crippen LogP contribution in [-0.2, 0) is 0 Å². The predicted octanol–water partition coefficient (Wildman–Crippen LogP) is 5.18. The molecule has 100 valence electrons. The average Bonchev–Trinajstić information content (AvgIpc) is 2.36. The minimum atomic E-state index is -0.0718. The monoisotopic (exact) mass is 295 g/mol. The molecule has 0 aliphatic rings. The molecule has 0 radical (unpaired) electrons. The summed E-state index contributed by atoms with van der Waals surface area (Å²) in [6.45, 7) is 3.86. The summed E-state index contributed by atoms with van der Waals surface area (Å²) in [5, 5.41) is 14.4. The number of benzene rings is 2. The van der Waals surface area contributed by atoms with Crippen molar-refractivity contribution in [3.05, 3.63) is 57.6 Å². The van der Waals surface area contributed by atoms with Crippen molar-refractivity contribution >= 4 is 28.9 Å². The molecule has 2 rings (SSSR count). The standard InChI is InChI=1S/C15H15Cl2NO/c1-9-7-13(17)14(8-12(9)16)18-10(2)11-5-3-4-6-15(11)19/h3-8,10,18-19H,1-2H3. The third-order valence-electron chi connectivity index (χ3n) is 3.02. The number of hydrogen-bond acceptors (Lipinski definition) is 2. The van der Waals surface area contributed by atoms with Crippen molar-refractivity contribution in [1.82, 2.24) is 0 Å². The Balaban J connectivity index is 2.27. The summed E-state index contributed by atoms with van der Waals surface area (Å²) in [5.74, 6) is 0.261. The highest BCUT2D eigenvalue weighted by molar-refractivity contribution is 6.35. The van der Waals surface area contributed by atoms with Gasteiger partial charge in [0.05, 0.1) is 16.8 Å². The summed E-state index contributed by atoms with van der Waals surface area (Å²) >= 11 is 12.3. The first-order valence-corrected chi connectivity index (χ1v) is 6.74. The van der Waals surface area contributed by atoms with E-state index in [1.165, 1.54) is 0 Å². The summed E-state index contributed by atoms with van der Waals surface area (Å²) in [6.07, 6.45) is 0. The maximum Gasteiger partial charge on any atom is 0.120 e. The second-order valence-corrected chi connectivity index (χ2v) is 5.32. The molecular weight excluding hydrogens is 281 g/mol. The fraction of sp³-hybridized carbons (Fsp3) is 0.200. The smallest absolute Gasteiger partial charge is 0.120 e. The van der Waals surface area contributed by atoms with Crippen LogP contribution in [0.15, 0.2) is 36.4 Å². The number of phenolic OH excluding ortho intramolecular Hbond substituents is 1. The Hall–Kier alpha value is -1.38. The van der Waals surface area contributed by atoms with E-state index in [0.717, 1.165) is 16.8 Å². The molecule has 0 amide bonds. The molecule has 0 aliphatic heterocycles. The lowest BCUT2D eigenvalue weighted by molar-refractivity contribution is 0.465. The SMILES string of the molecule is Cc1cc(Cl)c(NC(C)c2ccccc2O)cc1Cl. The summed E-state index contributed by atoms with van der Waals surface area (Å²) in [4.78, 5) is 0. The van der Waals surface area contributed by atoms with Crippen LogP contribution in [0, 0.1) is 6.92 Å². The van der Waals surface area contributed by atoms with Crippen LogP contribution in [0.5, 0.6) is 5.75 Å². The van der Waals surface area contributed by atoms with Crippen LogP contribution in [-0.4, -0.2) is 5.11 Å². The molecule has 1 atom stereocenters. The Morgan fingerprint density at radius 3 is 2.47 bits per heavy atom. The Bertz CT molecular complexity index is 599. The molecule has 1 unspecified atom stereocenters. The molecular formula is C15H15Cl2NO. The van der Waals surface area contributed by atoms with E-state index in [4.69, 9.17) is 23.2 Å². The van der Waals surface area contributed by atoms with Crippen LogP contribution in [0.3, 0.4) is 0 Å². The van der Waals surface area contributed by atoms with Gasteiger partial charge in [0.15, 0.2) is 0 Å². The van der Waals surface area contributed by atoms with Crippen LogP contribution in [0.4, 0.5) is 5.69 Å². The number of halogens is 2. The van der Waals surface area contributed by atoms with E-state index in [-0.39, 0.29) is 11.8 Å². The molecule has 0 aromatic heterocycles. The number of hydrogen-bond donors (Lipinski definition) is 2. The highest BCUT2D eigenvalue weighted by Crippen LogP contribution is 2.33. The van der Waals surface area contributed by atoms with Gasteiger partial charge in [0.2, 0.25) is 0 Å². The maximum absolute atomic E-state index is 9.83. The first-order chi connectivity index (χ1) is 8.99. The molecule has 0 bridgehead atoms. The molecule has 0 saturated heterocycles. The van der Waals surface area contributed by atoms with Gasteiger partial charge in [0.25, 0.3) is 0 Å². The molecule has 19 heavy (non-hydrogen) atoms. The van der Waals surface area contributed by atoms with Gasteiger partial charge in [-0.3, -0.25) is 0 Å². The minimum absolute atomic E-state index is 0.0718. The Labute approximate surface area is 123 Å².